The Bertz CT molecular complexity index is 452. The molecule has 3 atom stereocenters. The Morgan fingerprint density at radius 1 is 1.56 bits per heavy atom. The van der Waals surface area contributed by atoms with Crippen LogP contribution in [0.3, 0.4) is 0 Å². The van der Waals surface area contributed by atoms with E-state index in [1.807, 2.05) is 20.8 Å². The van der Waals surface area contributed by atoms with Crippen molar-refractivity contribution in [2.45, 2.75) is 46.2 Å². The summed E-state index contributed by atoms with van der Waals surface area (Å²) in [4.78, 5) is 13.4. The zero-order chi connectivity index (χ0) is 13.4. The van der Waals surface area contributed by atoms with Crippen molar-refractivity contribution >= 4 is 5.97 Å². The van der Waals surface area contributed by atoms with Crippen LogP contribution in [0, 0.1) is 19.8 Å². The van der Waals surface area contributed by atoms with Crippen molar-refractivity contribution in [3.8, 4) is 0 Å². The molecule has 0 aliphatic carbocycles. The summed E-state index contributed by atoms with van der Waals surface area (Å²) in [5.74, 6) is 0.917. The predicted molar refractivity (Wildman–Crippen MR) is 68.5 cm³/mol. The molecular formula is C14H21NO3. The van der Waals surface area contributed by atoms with Gasteiger partial charge in [0.15, 0.2) is 0 Å². The normalized spacial score (nSPS) is 26.4. The average Bonchev–Trinajstić information content (AvgIpc) is 2.81. The van der Waals surface area contributed by atoms with Crippen LogP contribution in [0.2, 0.25) is 0 Å². The maximum absolute atomic E-state index is 11.1. The van der Waals surface area contributed by atoms with Crippen molar-refractivity contribution < 1.29 is 14.3 Å². The Balaban J connectivity index is 2.18. The van der Waals surface area contributed by atoms with Gasteiger partial charge in [0, 0.05) is 17.6 Å². The van der Waals surface area contributed by atoms with E-state index in [-0.39, 0.29) is 18.0 Å². The van der Waals surface area contributed by atoms with Crippen molar-refractivity contribution in [3.63, 3.8) is 0 Å². The molecule has 1 N–H and O–H groups in total. The Hall–Kier alpha value is -1.29. The Morgan fingerprint density at radius 2 is 2.22 bits per heavy atom. The van der Waals surface area contributed by atoms with Crippen LogP contribution < -0.4 is 0 Å². The third-order valence-electron chi connectivity index (χ3n) is 4.15. The maximum atomic E-state index is 11.1. The monoisotopic (exact) mass is 251 g/mol. The van der Waals surface area contributed by atoms with Crippen LogP contribution in [0.4, 0.5) is 0 Å². The number of carboxylic acid groups (broad SMARTS) is 1. The summed E-state index contributed by atoms with van der Waals surface area (Å²) in [6.07, 6.45) is 0.733. The van der Waals surface area contributed by atoms with Gasteiger partial charge in [-0.15, -0.1) is 0 Å². The second-order valence-electron chi connectivity index (χ2n) is 5.26. The van der Waals surface area contributed by atoms with Crippen LogP contribution in [0.5, 0.6) is 0 Å². The van der Waals surface area contributed by atoms with Gasteiger partial charge in [-0.05, 0) is 46.7 Å². The van der Waals surface area contributed by atoms with E-state index in [0.29, 0.717) is 0 Å². The topological polar surface area (TPSA) is 53.7 Å². The highest BCUT2D eigenvalue weighted by atomic mass is 16.4. The predicted octanol–water partition coefficient (Wildman–Crippen LogP) is 2.75. The minimum atomic E-state index is -0.683. The SMILES string of the molecule is Cc1cc(C(C)N2CCC(C(=O)O)C2C)c(C)o1. The molecule has 1 aromatic rings. The molecule has 0 saturated carbocycles. The number of hydrogen-bond donors (Lipinski definition) is 1. The maximum Gasteiger partial charge on any atom is 0.308 e. The largest absolute Gasteiger partial charge is 0.481 e. The molecule has 0 bridgehead atoms. The van der Waals surface area contributed by atoms with Crippen LogP contribution in [-0.4, -0.2) is 28.6 Å². The quantitative estimate of drug-likeness (QED) is 0.897. The lowest BCUT2D eigenvalue weighted by Crippen LogP contribution is -2.35. The second-order valence-corrected chi connectivity index (χ2v) is 5.26. The number of rotatable bonds is 3. The number of aryl methyl sites for hydroxylation is 2. The summed E-state index contributed by atoms with van der Waals surface area (Å²) in [6.45, 7) is 8.87. The summed E-state index contributed by atoms with van der Waals surface area (Å²) in [5, 5.41) is 9.17. The van der Waals surface area contributed by atoms with E-state index >= 15 is 0 Å². The van der Waals surface area contributed by atoms with Crippen LogP contribution in [-0.2, 0) is 4.79 Å². The van der Waals surface area contributed by atoms with E-state index in [4.69, 9.17) is 9.52 Å². The van der Waals surface area contributed by atoms with E-state index < -0.39 is 5.97 Å². The second kappa shape index (κ2) is 4.76. The van der Waals surface area contributed by atoms with Gasteiger partial charge in [-0.1, -0.05) is 0 Å². The molecule has 1 aromatic heterocycles. The van der Waals surface area contributed by atoms with Crippen molar-refractivity contribution in [1.82, 2.24) is 4.90 Å². The molecule has 1 aliphatic rings. The Labute approximate surface area is 108 Å². The summed E-state index contributed by atoms with van der Waals surface area (Å²) in [7, 11) is 0. The molecule has 18 heavy (non-hydrogen) atoms. The first-order chi connectivity index (χ1) is 8.41. The number of carboxylic acids is 1. The fourth-order valence-electron chi connectivity index (χ4n) is 3.08. The van der Waals surface area contributed by atoms with Gasteiger partial charge in [-0.25, -0.2) is 0 Å². The lowest BCUT2D eigenvalue weighted by Gasteiger charge is -2.29. The fourth-order valence-corrected chi connectivity index (χ4v) is 3.08. The molecule has 3 unspecified atom stereocenters. The molecule has 2 rings (SSSR count). The van der Waals surface area contributed by atoms with E-state index in [1.165, 1.54) is 5.56 Å². The smallest absolute Gasteiger partial charge is 0.308 e. The summed E-state index contributed by atoms with van der Waals surface area (Å²) in [5.41, 5.74) is 1.17. The van der Waals surface area contributed by atoms with Gasteiger partial charge in [0.25, 0.3) is 0 Å². The first-order valence-corrected chi connectivity index (χ1v) is 6.47. The lowest BCUT2D eigenvalue weighted by molar-refractivity contribution is -0.142. The highest BCUT2D eigenvalue weighted by Crippen LogP contribution is 2.34. The first-order valence-electron chi connectivity index (χ1n) is 6.47. The molecular weight excluding hydrogens is 230 g/mol. The molecule has 0 radical (unpaired) electrons. The lowest BCUT2D eigenvalue weighted by atomic mass is 10.0. The van der Waals surface area contributed by atoms with E-state index in [9.17, 15) is 4.79 Å². The zero-order valence-electron chi connectivity index (χ0n) is 11.4. The van der Waals surface area contributed by atoms with Gasteiger partial charge in [-0.2, -0.15) is 0 Å². The third kappa shape index (κ3) is 2.17. The van der Waals surface area contributed by atoms with E-state index in [0.717, 1.165) is 24.5 Å². The van der Waals surface area contributed by atoms with E-state index in [1.54, 1.807) is 0 Å². The Kier molecular flexibility index (Phi) is 3.48. The summed E-state index contributed by atoms with van der Waals surface area (Å²) >= 11 is 0. The first kappa shape index (κ1) is 13.1. The standard InChI is InChI=1S/C14H21NO3/c1-8-7-13(11(4)18-8)10(3)15-6-5-12(9(15)2)14(16)17/h7,9-10,12H,5-6H2,1-4H3,(H,16,17). The van der Waals surface area contributed by atoms with Crippen LogP contribution in [0.1, 0.15) is 43.4 Å². The molecule has 1 fully saturated rings. The highest BCUT2D eigenvalue weighted by molar-refractivity contribution is 5.71. The number of furan rings is 1. The number of carbonyl (C=O) groups is 1. The number of nitrogens with zero attached hydrogens (tertiary/aromatic N) is 1. The zero-order valence-corrected chi connectivity index (χ0v) is 11.4. The molecule has 0 aromatic carbocycles. The molecule has 0 amide bonds. The molecule has 4 heteroatoms. The van der Waals surface area contributed by atoms with Crippen molar-refractivity contribution in [1.29, 1.82) is 0 Å². The van der Waals surface area contributed by atoms with Crippen molar-refractivity contribution in [2.75, 3.05) is 6.54 Å². The van der Waals surface area contributed by atoms with Gasteiger partial charge in [-0.3, -0.25) is 9.69 Å². The number of aliphatic carboxylic acids is 1. The van der Waals surface area contributed by atoms with Gasteiger partial charge < -0.3 is 9.52 Å². The van der Waals surface area contributed by atoms with Gasteiger partial charge >= 0.3 is 5.97 Å². The molecule has 2 heterocycles. The highest BCUT2D eigenvalue weighted by Gasteiger charge is 2.38. The van der Waals surface area contributed by atoms with Crippen LogP contribution in [0.25, 0.3) is 0 Å². The molecule has 100 valence electrons. The molecule has 1 aliphatic heterocycles. The molecule has 4 nitrogen and oxygen atoms in total. The van der Waals surface area contributed by atoms with Crippen molar-refractivity contribution in [3.05, 3.63) is 23.2 Å². The molecule has 1 saturated heterocycles. The minimum Gasteiger partial charge on any atom is -0.481 e. The number of likely N-dealkylation sites (tertiary alicyclic amines) is 1. The van der Waals surface area contributed by atoms with Gasteiger partial charge in [0.05, 0.1) is 5.92 Å². The average molecular weight is 251 g/mol. The summed E-state index contributed by atoms with van der Waals surface area (Å²) < 4.78 is 5.56. The minimum absolute atomic E-state index is 0.0760. The van der Waals surface area contributed by atoms with Crippen LogP contribution in [0.15, 0.2) is 10.5 Å². The van der Waals surface area contributed by atoms with Gasteiger partial charge in [0.1, 0.15) is 11.5 Å². The molecule has 0 spiro atoms. The third-order valence-corrected chi connectivity index (χ3v) is 4.15. The summed E-state index contributed by atoms with van der Waals surface area (Å²) in [6, 6.07) is 2.34. The van der Waals surface area contributed by atoms with Crippen molar-refractivity contribution in [2.24, 2.45) is 5.92 Å². The fraction of sp³-hybridized carbons (Fsp3) is 0.643. The Morgan fingerprint density at radius 3 is 2.67 bits per heavy atom. The number of hydrogen-bond acceptors (Lipinski definition) is 3. The van der Waals surface area contributed by atoms with Crippen LogP contribution >= 0.6 is 0 Å². The van der Waals surface area contributed by atoms with Gasteiger partial charge in [0.2, 0.25) is 0 Å². The van der Waals surface area contributed by atoms with E-state index in [2.05, 4.69) is 17.9 Å².